The van der Waals surface area contributed by atoms with Crippen molar-refractivity contribution in [1.29, 1.82) is 0 Å². The van der Waals surface area contributed by atoms with Crippen LogP contribution in [0.15, 0.2) is 30.3 Å². The van der Waals surface area contributed by atoms with E-state index < -0.39 is 0 Å². The van der Waals surface area contributed by atoms with E-state index in [0.717, 1.165) is 47.1 Å². The number of nitrogens with zero attached hydrogens (tertiary/aromatic N) is 1. The van der Waals surface area contributed by atoms with E-state index in [4.69, 9.17) is 0 Å². The second kappa shape index (κ2) is 7.22. The van der Waals surface area contributed by atoms with Gasteiger partial charge in [-0.15, -0.1) is 23.7 Å². The first-order valence-electron chi connectivity index (χ1n) is 7.01. The summed E-state index contributed by atoms with van der Waals surface area (Å²) in [6.07, 6.45) is 0. The van der Waals surface area contributed by atoms with E-state index in [-0.39, 0.29) is 24.1 Å². The maximum Gasteiger partial charge on any atom is 0.264 e. The minimum absolute atomic E-state index is 0. The van der Waals surface area contributed by atoms with E-state index in [1.165, 1.54) is 23.5 Å². The van der Waals surface area contributed by atoms with Gasteiger partial charge >= 0.3 is 0 Å². The highest BCUT2D eigenvalue weighted by molar-refractivity contribution is 7.14. The second-order valence-corrected chi connectivity index (χ2v) is 6.39. The van der Waals surface area contributed by atoms with E-state index in [2.05, 4.69) is 5.32 Å². The molecule has 1 saturated heterocycles. The molecule has 2 heterocycles. The van der Waals surface area contributed by atoms with Gasteiger partial charge in [0, 0.05) is 31.1 Å². The Morgan fingerprint density at radius 3 is 2.50 bits per heavy atom. The van der Waals surface area contributed by atoms with Crippen LogP contribution in [0.5, 0.6) is 0 Å². The van der Waals surface area contributed by atoms with Crippen LogP contribution >= 0.6 is 23.7 Å². The summed E-state index contributed by atoms with van der Waals surface area (Å²) in [6.45, 7) is 5.20. The topological polar surface area (TPSA) is 32.3 Å². The monoisotopic (exact) mass is 340 g/mol. The van der Waals surface area contributed by atoms with E-state index in [9.17, 15) is 9.18 Å². The number of amides is 1. The van der Waals surface area contributed by atoms with Crippen molar-refractivity contribution in [2.24, 2.45) is 0 Å². The number of halogens is 2. The molecule has 22 heavy (non-hydrogen) atoms. The summed E-state index contributed by atoms with van der Waals surface area (Å²) < 4.78 is 13.0. The van der Waals surface area contributed by atoms with Crippen LogP contribution in [0.2, 0.25) is 0 Å². The minimum Gasteiger partial charge on any atom is -0.335 e. The predicted octanol–water partition coefficient (Wildman–Crippen LogP) is 3.33. The molecule has 3 nitrogen and oxygen atoms in total. The molecular weight excluding hydrogens is 323 g/mol. The summed E-state index contributed by atoms with van der Waals surface area (Å²) in [6, 6.07) is 8.33. The number of benzene rings is 1. The van der Waals surface area contributed by atoms with Crippen LogP contribution in [0.1, 0.15) is 14.5 Å². The highest BCUT2D eigenvalue weighted by Gasteiger charge is 2.21. The highest BCUT2D eigenvalue weighted by Crippen LogP contribution is 2.31. The molecule has 0 atom stereocenters. The van der Waals surface area contributed by atoms with Gasteiger partial charge in [-0.1, -0.05) is 12.1 Å². The van der Waals surface area contributed by atoms with Crippen LogP contribution in [0, 0.1) is 12.7 Å². The molecule has 6 heteroatoms. The van der Waals surface area contributed by atoms with Gasteiger partial charge in [0.15, 0.2) is 0 Å². The molecule has 0 aliphatic carbocycles. The number of thiophene rings is 1. The average Bonchev–Trinajstić information content (AvgIpc) is 2.90. The molecule has 1 aliphatic rings. The molecule has 1 aromatic heterocycles. The summed E-state index contributed by atoms with van der Waals surface area (Å²) in [5.74, 6) is -0.151. The molecule has 0 radical (unpaired) electrons. The van der Waals surface area contributed by atoms with Gasteiger partial charge in [-0.3, -0.25) is 4.79 Å². The van der Waals surface area contributed by atoms with Gasteiger partial charge in [0.05, 0.1) is 4.88 Å². The van der Waals surface area contributed by atoms with Crippen LogP contribution in [0.4, 0.5) is 4.39 Å². The van der Waals surface area contributed by atoms with E-state index in [1.54, 1.807) is 12.1 Å². The number of rotatable bonds is 2. The van der Waals surface area contributed by atoms with Crippen molar-refractivity contribution in [2.75, 3.05) is 26.2 Å². The van der Waals surface area contributed by atoms with E-state index in [0.29, 0.717) is 0 Å². The van der Waals surface area contributed by atoms with Crippen LogP contribution < -0.4 is 5.32 Å². The van der Waals surface area contributed by atoms with Gasteiger partial charge in [0.2, 0.25) is 0 Å². The minimum atomic E-state index is -0.247. The molecule has 0 spiro atoms. The third-order valence-electron chi connectivity index (χ3n) is 3.69. The number of hydrogen-bond acceptors (Lipinski definition) is 3. The third kappa shape index (κ3) is 3.48. The van der Waals surface area contributed by atoms with E-state index >= 15 is 0 Å². The summed E-state index contributed by atoms with van der Waals surface area (Å²) in [7, 11) is 0. The molecule has 118 valence electrons. The lowest BCUT2D eigenvalue weighted by molar-refractivity contribution is 0.0740. The fourth-order valence-corrected chi connectivity index (χ4v) is 3.54. The number of carbonyl (C=O) groups is 1. The molecule has 0 unspecified atom stereocenters. The molecule has 2 aromatic rings. The van der Waals surface area contributed by atoms with Crippen LogP contribution in [-0.2, 0) is 0 Å². The third-order valence-corrected chi connectivity index (χ3v) is 4.73. The SMILES string of the molecule is Cc1sc(C(=O)N2CCNCC2)cc1-c1ccc(F)cc1.Cl. The summed E-state index contributed by atoms with van der Waals surface area (Å²) >= 11 is 1.51. The Kier molecular flexibility index (Phi) is 5.56. The Balaban J connectivity index is 0.00000176. The van der Waals surface area contributed by atoms with Gasteiger partial charge in [-0.2, -0.15) is 0 Å². The van der Waals surface area contributed by atoms with Gasteiger partial charge in [0.25, 0.3) is 5.91 Å². The van der Waals surface area contributed by atoms with Crippen molar-refractivity contribution < 1.29 is 9.18 Å². The zero-order chi connectivity index (χ0) is 14.8. The van der Waals surface area contributed by atoms with Crippen LogP contribution in [0.25, 0.3) is 11.1 Å². The van der Waals surface area contributed by atoms with Crippen LogP contribution in [-0.4, -0.2) is 37.0 Å². The maximum absolute atomic E-state index is 13.0. The summed E-state index contributed by atoms with van der Waals surface area (Å²) in [5.41, 5.74) is 1.96. The molecule has 1 aliphatic heterocycles. The lowest BCUT2D eigenvalue weighted by Crippen LogP contribution is -2.46. The first kappa shape index (κ1) is 16.9. The van der Waals surface area contributed by atoms with Crippen molar-refractivity contribution >= 4 is 29.7 Å². The van der Waals surface area contributed by atoms with Gasteiger partial charge in [0.1, 0.15) is 5.82 Å². The van der Waals surface area contributed by atoms with Crippen molar-refractivity contribution in [3.8, 4) is 11.1 Å². The number of hydrogen-bond donors (Lipinski definition) is 1. The number of carbonyl (C=O) groups excluding carboxylic acids is 1. The fourth-order valence-electron chi connectivity index (χ4n) is 2.53. The van der Waals surface area contributed by atoms with Gasteiger partial charge < -0.3 is 10.2 Å². The Morgan fingerprint density at radius 2 is 1.86 bits per heavy atom. The fraction of sp³-hybridized carbons (Fsp3) is 0.312. The zero-order valence-electron chi connectivity index (χ0n) is 12.3. The zero-order valence-corrected chi connectivity index (χ0v) is 13.9. The lowest BCUT2D eigenvalue weighted by atomic mass is 10.1. The molecule has 1 amide bonds. The largest absolute Gasteiger partial charge is 0.335 e. The maximum atomic E-state index is 13.0. The first-order chi connectivity index (χ1) is 10.1. The Labute approximate surface area is 139 Å². The predicted molar refractivity (Wildman–Crippen MR) is 90.5 cm³/mol. The first-order valence-corrected chi connectivity index (χ1v) is 7.83. The van der Waals surface area contributed by atoms with Crippen molar-refractivity contribution in [2.45, 2.75) is 6.92 Å². The number of piperazine rings is 1. The van der Waals surface area contributed by atoms with Crippen molar-refractivity contribution in [1.82, 2.24) is 10.2 Å². The number of aryl methyl sites for hydroxylation is 1. The molecule has 3 rings (SSSR count). The summed E-state index contributed by atoms with van der Waals surface area (Å²) in [4.78, 5) is 16.2. The highest BCUT2D eigenvalue weighted by atomic mass is 35.5. The number of nitrogens with one attached hydrogen (secondary N) is 1. The van der Waals surface area contributed by atoms with E-state index in [1.807, 2.05) is 17.9 Å². The molecular formula is C16H18ClFN2OS. The molecule has 0 bridgehead atoms. The quantitative estimate of drug-likeness (QED) is 0.909. The molecule has 1 fully saturated rings. The van der Waals surface area contributed by atoms with Gasteiger partial charge in [-0.25, -0.2) is 4.39 Å². The Morgan fingerprint density at radius 1 is 1.23 bits per heavy atom. The standard InChI is InChI=1S/C16H17FN2OS.ClH/c1-11-14(12-2-4-13(17)5-3-12)10-15(21-11)16(20)19-8-6-18-7-9-19;/h2-5,10,18H,6-9H2,1H3;1H. The Hall–Kier alpha value is -1.43. The van der Waals surface area contributed by atoms with Crippen molar-refractivity contribution in [3.05, 3.63) is 45.9 Å². The summed E-state index contributed by atoms with van der Waals surface area (Å²) in [5, 5.41) is 3.24. The molecule has 0 saturated carbocycles. The lowest BCUT2D eigenvalue weighted by Gasteiger charge is -2.26. The Bertz CT molecular complexity index is 651. The average molecular weight is 341 g/mol. The van der Waals surface area contributed by atoms with Crippen molar-refractivity contribution in [3.63, 3.8) is 0 Å². The molecule has 1 aromatic carbocycles. The molecule has 1 N–H and O–H groups in total. The second-order valence-electron chi connectivity index (χ2n) is 5.13. The normalized spacial score (nSPS) is 14.5. The van der Waals surface area contributed by atoms with Crippen LogP contribution in [0.3, 0.4) is 0 Å². The smallest absolute Gasteiger partial charge is 0.264 e. The van der Waals surface area contributed by atoms with Gasteiger partial charge in [-0.05, 0) is 36.2 Å².